The van der Waals surface area contributed by atoms with Crippen molar-refractivity contribution in [3.63, 3.8) is 0 Å². The molecule has 1 aliphatic heterocycles. The Hall–Kier alpha value is -4.20. The number of amides is 2. The second kappa shape index (κ2) is 9.97. The topological polar surface area (TPSA) is 110 Å². The highest BCUT2D eigenvalue weighted by Crippen LogP contribution is 2.34. The SMILES string of the molecule is COCCOc1cc2nccc(OC3=CC4C=CN(C(=O)Nc5nccs5)C4C=C3)c2cc1C#N. The van der Waals surface area contributed by atoms with Crippen molar-refractivity contribution in [2.45, 2.75) is 6.04 Å². The van der Waals surface area contributed by atoms with Gasteiger partial charge < -0.3 is 14.2 Å². The zero-order valence-electron chi connectivity index (χ0n) is 18.7. The third kappa shape index (κ3) is 4.73. The highest BCUT2D eigenvalue weighted by Gasteiger charge is 2.33. The normalized spacial score (nSPS) is 18.2. The Morgan fingerprint density at radius 1 is 1.23 bits per heavy atom. The number of nitrogens with zero attached hydrogens (tertiary/aromatic N) is 4. The van der Waals surface area contributed by atoms with Gasteiger partial charge in [-0.3, -0.25) is 15.2 Å². The van der Waals surface area contributed by atoms with Crippen LogP contribution in [-0.2, 0) is 4.74 Å². The Morgan fingerprint density at radius 3 is 2.94 bits per heavy atom. The van der Waals surface area contributed by atoms with Crippen LogP contribution in [0.4, 0.5) is 9.93 Å². The number of benzene rings is 1. The fourth-order valence-corrected chi connectivity index (χ4v) is 4.44. The lowest BCUT2D eigenvalue weighted by molar-refractivity contribution is 0.146. The van der Waals surface area contributed by atoms with Gasteiger partial charge in [0.05, 0.1) is 23.7 Å². The maximum absolute atomic E-state index is 12.7. The molecule has 176 valence electrons. The van der Waals surface area contributed by atoms with Crippen LogP contribution in [0.1, 0.15) is 5.56 Å². The summed E-state index contributed by atoms with van der Waals surface area (Å²) >= 11 is 1.37. The Bertz CT molecular complexity index is 1380. The number of allylic oxidation sites excluding steroid dienone is 1. The molecule has 2 aliphatic rings. The van der Waals surface area contributed by atoms with Crippen molar-refractivity contribution in [3.8, 4) is 17.6 Å². The number of carbonyl (C=O) groups is 1. The van der Waals surface area contributed by atoms with Gasteiger partial charge in [0.2, 0.25) is 0 Å². The van der Waals surface area contributed by atoms with Gasteiger partial charge in [-0.2, -0.15) is 5.26 Å². The van der Waals surface area contributed by atoms with Crippen LogP contribution in [0.2, 0.25) is 0 Å². The summed E-state index contributed by atoms with van der Waals surface area (Å²) in [5, 5.41) is 15.5. The maximum atomic E-state index is 12.7. The van der Waals surface area contributed by atoms with Gasteiger partial charge in [0.25, 0.3) is 0 Å². The predicted molar refractivity (Wildman–Crippen MR) is 131 cm³/mol. The Kier molecular flexibility index (Phi) is 6.43. The van der Waals surface area contributed by atoms with Gasteiger partial charge in [-0.05, 0) is 24.3 Å². The van der Waals surface area contributed by atoms with Crippen LogP contribution >= 0.6 is 11.3 Å². The molecule has 0 saturated carbocycles. The van der Waals surface area contributed by atoms with Crippen LogP contribution in [0.3, 0.4) is 0 Å². The predicted octanol–water partition coefficient (Wildman–Crippen LogP) is 4.47. The van der Waals surface area contributed by atoms with Crippen molar-refractivity contribution < 1.29 is 19.0 Å². The summed E-state index contributed by atoms with van der Waals surface area (Å²) in [5.41, 5.74) is 1.04. The molecule has 2 amide bonds. The molecule has 1 aromatic carbocycles. The molecule has 0 bridgehead atoms. The smallest absolute Gasteiger partial charge is 0.328 e. The summed E-state index contributed by atoms with van der Waals surface area (Å²) < 4.78 is 16.9. The fraction of sp³-hybridized carbons (Fsp3) is 0.200. The van der Waals surface area contributed by atoms with Crippen LogP contribution in [0.25, 0.3) is 10.9 Å². The van der Waals surface area contributed by atoms with E-state index >= 15 is 0 Å². The number of anilines is 1. The first-order valence-corrected chi connectivity index (χ1v) is 11.7. The summed E-state index contributed by atoms with van der Waals surface area (Å²) in [6.07, 6.45) is 12.8. The molecule has 0 spiro atoms. The first-order chi connectivity index (χ1) is 17.2. The van der Waals surface area contributed by atoms with E-state index in [0.29, 0.717) is 52.1 Å². The van der Waals surface area contributed by atoms with Crippen molar-refractivity contribution >= 4 is 33.4 Å². The van der Waals surface area contributed by atoms with E-state index in [1.165, 1.54) is 11.3 Å². The summed E-state index contributed by atoms with van der Waals surface area (Å²) in [6.45, 7) is 0.750. The average molecular weight is 488 g/mol. The van der Waals surface area contributed by atoms with Crippen LogP contribution in [0, 0.1) is 17.2 Å². The average Bonchev–Trinajstić information content (AvgIpc) is 3.53. The van der Waals surface area contributed by atoms with Crippen LogP contribution < -0.4 is 14.8 Å². The number of pyridine rings is 1. The van der Waals surface area contributed by atoms with Crippen molar-refractivity contribution in [1.29, 1.82) is 5.26 Å². The molecule has 1 aliphatic carbocycles. The van der Waals surface area contributed by atoms with E-state index in [2.05, 4.69) is 21.4 Å². The number of nitrogens with one attached hydrogen (secondary N) is 1. The number of fused-ring (bicyclic) bond motifs is 2. The van der Waals surface area contributed by atoms with E-state index in [9.17, 15) is 10.1 Å². The molecule has 9 nitrogen and oxygen atoms in total. The molecule has 0 fully saturated rings. The maximum Gasteiger partial charge on any atom is 0.328 e. The first kappa shape index (κ1) is 22.6. The van der Waals surface area contributed by atoms with E-state index in [1.54, 1.807) is 48.8 Å². The van der Waals surface area contributed by atoms with Crippen molar-refractivity contribution in [3.05, 3.63) is 77.8 Å². The van der Waals surface area contributed by atoms with Gasteiger partial charge in [-0.1, -0.05) is 12.2 Å². The summed E-state index contributed by atoms with van der Waals surface area (Å²) in [4.78, 5) is 22.8. The van der Waals surface area contributed by atoms with E-state index in [1.807, 2.05) is 29.7 Å². The number of methoxy groups -OCH3 is 1. The van der Waals surface area contributed by atoms with Gasteiger partial charge in [0, 0.05) is 48.5 Å². The minimum absolute atomic E-state index is 0.0272. The number of hydrogen-bond acceptors (Lipinski definition) is 8. The Morgan fingerprint density at radius 2 is 2.14 bits per heavy atom. The first-order valence-electron chi connectivity index (χ1n) is 10.9. The summed E-state index contributed by atoms with van der Waals surface area (Å²) in [6, 6.07) is 7.00. The van der Waals surface area contributed by atoms with Crippen LogP contribution in [0.15, 0.2) is 72.2 Å². The third-order valence-corrected chi connectivity index (χ3v) is 6.26. The van der Waals surface area contributed by atoms with Crippen LogP contribution in [0.5, 0.6) is 11.5 Å². The number of aromatic nitrogens is 2. The molecule has 3 aromatic rings. The molecular weight excluding hydrogens is 466 g/mol. The highest BCUT2D eigenvalue weighted by atomic mass is 32.1. The lowest BCUT2D eigenvalue weighted by Crippen LogP contribution is -2.38. The standard InChI is InChI=1S/C25H21N5O4S/c1-32-9-10-33-23-14-20-19(13-17(23)15-26)22(4-6-27-20)34-18-2-3-21-16(12-18)5-8-30(21)25(31)29-24-28-7-11-35-24/h2-8,11-14,16,21H,9-10H2,1H3,(H,28,29,31). The number of thiazole rings is 1. The van der Waals surface area contributed by atoms with Gasteiger partial charge in [-0.25, -0.2) is 9.78 Å². The van der Waals surface area contributed by atoms with E-state index in [0.717, 1.165) is 0 Å². The molecular formula is C25H21N5O4S. The Balaban J connectivity index is 1.33. The molecule has 2 unspecified atom stereocenters. The number of hydrogen-bond donors (Lipinski definition) is 1. The zero-order chi connectivity index (χ0) is 24.2. The molecule has 10 heteroatoms. The molecule has 2 atom stereocenters. The summed E-state index contributed by atoms with van der Waals surface area (Å²) in [5.74, 6) is 1.64. The zero-order valence-corrected chi connectivity index (χ0v) is 19.6. The van der Waals surface area contributed by atoms with Crippen molar-refractivity contribution in [1.82, 2.24) is 14.9 Å². The molecule has 1 N–H and O–H groups in total. The fourth-order valence-electron chi connectivity index (χ4n) is 3.92. The monoisotopic (exact) mass is 487 g/mol. The third-order valence-electron chi connectivity index (χ3n) is 5.58. The van der Waals surface area contributed by atoms with Gasteiger partial charge in [-0.15, -0.1) is 11.3 Å². The van der Waals surface area contributed by atoms with E-state index < -0.39 is 0 Å². The minimum atomic E-state index is -0.237. The molecule has 3 heterocycles. The highest BCUT2D eigenvalue weighted by molar-refractivity contribution is 7.13. The number of carbonyl (C=O) groups excluding carboxylic acids is 1. The molecule has 35 heavy (non-hydrogen) atoms. The quantitative estimate of drug-likeness (QED) is 0.490. The number of ether oxygens (including phenoxy) is 3. The molecule has 0 saturated heterocycles. The van der Waals surface area contributed by atoms with E-state index in [4.69, 9.17) is 14.2 Å². The van der Waals surface area contributed by atoms with E-state index in [-0.39, 0.29) is 18.0 Å². The largest absolute Gasteiger partial charge is 0.490 e. The van der Waals surface area contributed by atoms with Gasteiger partial charge in [0.15, 0.2) is 5.13 Å². The number of rotatable bonds is 7. The number of nitriles is 1. The van der Waals surface area contributed by atoms with Crippen LogP contribution in [-0.4, -0.2) is 47.3 Å². The number of urea groups is 1. The minimum Gasteiger partial charge on any atom is -0.490 e. The summed E-state index contributed by atoms with van der Waals surface area (Å²) in [7, 11) is 1.59. The second-order valence-electron chi connectivity index (χ2n) is 7.74. The Labute approximate surface area is 205 Å². The molecule has 0 radical (unpaired) electrons. The van der Waals surface area contributed by atoms with Gasteiger partial charge in [0.1, 0.15) is 29.9 Å². The van der Waals surface area contributed by atoms with Crippen molar-refractivity contribution in [2.75, 3.05) is 25.6 Å². The molecule has 2 aromatic heterocycles. The van der Waals surface area contributed by atoms with Gasteiger partial charge >= 0.3 is 6.03 Å². The molecule has 5 rings (SSSR count). The second-order valence-corrected chi connectivity index (χ2v) is 8.64. The lowest BCUT2D eigenvalue weighted by atomic mass is 9.96. The van der Waals surface area contributed by atoms with Crippen molar-refractivity contribution in [2.24, 2.45) is 5.92 Å². The lowest BCUT2D eigenvalue weighted by Gasteiger charge is -2.27.